The predicted octanol–water partition coefficient (Wildman–Crippen LogP) is 2.96. The summed E-state index contributed by atoms with van der Waals surface area (Å²) in [5, 5.41) is 1.91. The summed E-state index contributed by atoms with van der Waals surface area (Å²) in [6.45, 7) is 3.88. The van der Waals surface area contributed by atoms with Crippen LogP contribution in [0, 0.1) is 13.8 Å². The van der Waals surface area contributed by atoms with E-state index in [-0.39, 0.29) is 17.9 Å². The van der Waals surface area contributed by atoms with Crippen LogP contribution in [0.4, 0.5) is 0 Å². The highest BCUT2D eigenvalue weighted by atomic mass is 32.1. The molecule has 21 heavy (non-hydrogen) atoms. The van der Waals surface area contributed by atoms with Crippen LogP contribution in [0.15, 0.2) is 40.8 Å². The average molecular weight is 298 g/mol. The fourth-order valence-electron chi connectivity index (χ4n) is 2.24. The van der Waals surface area contributed by atoms with Crippen LogP contribution in [0.3, 0.4) is 0 Å². The first kappa shape index (κ1) is 13.7. The van der Waals surface area contributed by atoms with Crippen molar-refractivity contribution >= 4 is 27.3 Å². The number of aromatic nitrogens is 2. The molecule has 3 aromatic rings. The zero-order chi connectivity index (χ0) is 15.0. The molecule has 0 unspecified atom stereocenters. The van der Waals surface area contributed by atoms with Crippen molar-refractivity contribution in [3.63, 3.8) is 0 Å². The average Bonchev–Trinajstić information content (AvgIpc) is 2.84. The molecule has 0 aliphatic rings. The van der Waals surface area contributed by atoms with Gasteiger partial charge in [0.1, 0.15) is 4.70 Å². The van der Waals surface area contributed by atoms with Gasteiger partial charge in [0.2, 0.25) is 0 Å². The highest BCUT2D eigenvalue weighted by molar-refractivity contribution is 7.17. The second kappa shape index (κ2) is 5.26. The summed E-state index contributed by atoms with van der Waals surface area (Å²) in [4.78, 5) is 28.9. The van der Waals surface area contributed by atoms with Gasteiger partial charge in [0.05, 0.1) is 18.4 Å². The Kier molecular flexibility index (Phi) is 3.43. The summed E-state index contributed by atoms with van der Waals surface area (Å²) in [6.07, 6.45) is 1.46. The molecule has 2 heterocycles. The molecule has 0 fully saturated rings. The van der Waals surface area contributed by atoms with E-state index in [2.05, 4.69) is 4.98 Å². The van der Waals surface area contributed by atoms with Crippen LogP contribution in [0.25, 0.3) is 10.2 Å². The summed E-state index contributed by atoms with van der Waals surface area (Å²) in [5.74, 6) is -0.0878. The van der Waals surface area contributed by atoms with E-state index < -0.39 is 0 Å². The summed E-state index contributed by atoms with van der Waals surface area (Å²) in [5.41, 5.74) is 3.20. The van der Waals surface area contributed by atoms with Crippen molar-refractivity contribution in [2.75, 3.05) is 0 Å². The van der Waals surface area contributed by atoms with Crippen molar-refractivity contribution < 1.29 is 4.79 Å². The third-order valence-electron chi connectivity index (χ3n) is 3.38. The second-order valence-electron chi connectivity index (χ2n) is 5.07. The fraction of sp³-hybridized carbons (Fsp3) is 0.188. The highest BCUT2D eigenvalue weighted by Crippen LogP contribution is 2.19. The van der Waals surface area contributed by atoms with Crippen LogP contribution in [-0.4, -0.2) is 15.3 Å². The summed E-state index contributed by atoms with van der Waals surface area (Å²) < 4.78 is 1.98. The SMILES string of the molecule is Cc1cccc(C(=O)Cn2cnc3c(C)csc3c2=O)c1. The number of ketones is 1. The van der Waals surface area contributed by atoms with Gasteiger partial charge in [0, 0.05) is 5.56 Å². The minimum atomic E-state index is -0.154. The van der Waals surface area contributed by atoms with Crippen LogP contribution in [0.5, 0.6) is 0 Å². The van der Waals surface area contributed by atoms with Crippen molar-refractivity contribution in [1.29, 1.82) is 0 Å². The lowest BCUT2D eigenvalue weighted by atomic mass is 10.1. The van der Waals surface area contributed by atoms with E-state index in [4.69, 9.17) is 0 Å². The minimum Gasteiger partial charge on any atom is -0.292 e. The lowest BCUT2D eigenvalue weighted by Gasteiger charge is -2.05. The summed E-state index contributed by atoms with van der Waals surface area (Å²) >= 11 is 1.37. The zero-order valence-corrected chi connectivity index (χ0v) is 12.6. The maximum Gasteiger partial charge on any atom is 0.271 e. The Morgan fingerprint density at radius 1 is 1.33 bits per heavy atom. The van der Waals surface area contributed by atoms with Gasteiger partial charge in [0.25, 0.3) is 5.56 Å². The number of Topliss-reactive ketones (excluding diaryl/α,β-unsaturated/α-hetero) is 1. The minimum absolute atomic E-state index is 0.0160. The largest absolute Gasteiger partial charge is 0.292 e. The lowest BCUT2D eigenvalue weighted by Crippen LogP contribution is -2.24. The van der Waals surface area contributed by atoms with Gasteiger partial charge in [-0.1, -0.05) is 23.8 Å². The number of nitrogens with zero attached hydrogens (tertiary/aromatic N) is 2. The molecule has 0 aliphatic carbocycles. The number of hydrogen-bond acceptors (Lipinski definition) is 4. The van der Waals surface area contributed by atoms with E-state index in [1.54, 1.807) is 6.07 Å². The van der Waals surface area contributed by atoms with E-state index in [0.29, 0.717) is 10.3 Å². The van der Waals surface area contributed by atoms with Gasteiger partial charge in [-0.3, -0.25) is 14.2 Å². The molecule has 0 radical (unpaired) electrons. The molecule has 5 heteroatoms. The Hall–Kier alpha value is -2.27. The number of thiophene rings is 1. The Morgan fingerprint density at radius 3 is 2.90 bits per heavy atom. The maximum absolute atomic E-state index is 12.4. The van der Waals surface area contributed by atoms with E-state index in [9.17, 15) is 9.59 Å². The second-order valence-corrected chi connectivity index (χ2v) is 5.95. The zero-order valence-electron chi connectivity index (χ0n) is 11.8. The first-order valence-electron chi connectivity index (χ1n) is 6.59. The molecule has 0 amide bonds. The first-order chi connectivity index (χ1) is 10.1. The van der Waals surface area contributed by atoms with E-state index in [1.165, 1.54) is 22.2 Å². The molecule has 0 aliphatic heterocycles. The van der Waals surface area contributed by atoms with Crippen molar-refractivity contribution in [3.05, 3.63) is 63.0 Å². The van der Waals surface area contributed by atoms with Gasteiger partial charge in [-0.2, -0.15) is 0 Å². The molecule has 0 atom stereocenters. The molecule has 0 spiro atoms. The number of carbonyl (C=O) groups is 1. The molecule has 3 rings (SSSR count). The fourth-order valence-corrected chi connectivity index (χ4v) is 3.19. The van der Waals surface area contributed by atoms with Gasteiger partial charge in [-0.25, -0.2) is 4.98 Å². The smallest absolute Gasteiger partial charge is 0.271 e. The number of benzene rings is 1. The van der Waals surface area contributed by atoms with Crippen LogP contribution in [0.2, 0.25) is 0 Å². The van der Waals surface area contributed by atoms with Crippen LogP contribution < -0.4 is 5.56 Å². The van der Waals surface area contributed by atoms with Crippen LogP contribution in [0.1, 0.15) is 21.5 Å². The molecule has 0 saturated heterocycles. The quantitative estimate of drug-likeness (QED) is 0.699. The van der Waals surface area contributed by atoms with E-state index in [0.717, 1.165) is 16.6 Å². The third kappa shape index (κ3) is 2.52. The van der Waals surface area contributed by atoms with Gasteiger partial charge in [0.15, 0.2) is 5.78 Å². The molecule has 4 nitrogen and oxygen atoms in total. The number of aryl methyl sites for hydroxylation is 2. The molecule has 0 saturated carbocycles. The predicted molar refractivity (Wildman–Crippen MR) is 84.1 cm³/mol. The van der Waals surface area contributed by atoms with Gasteiger partial charge < -0.3 is 0 Å². The molecule has 0 N–H and O–H groups in total. The van der Waals surface area contributed by atoms with E-state index in [1.807, 2.05) is 37.4 Å². The Morgan fingerprint density at radius 2 is 2.14 bits per heavy atom. The third-order valence-corrected chi connectivity index (χ3v) is 4.45. The Bertz CT molecular complexity index is 893. The Balaban J connectivity index is 1.97. The normalized spacial score (nSPS) is 11.0. The number of rotatable bonds is 3. The number of hydrogen-bond donors (Lipinski definition) is 0. The van der Waals surface area contributed by atoms with E-state index >= 15 is 0 Å². The molecule has 0 bridgehead atoms. The molecular weight excluding hydrogens is 284 g/mol. The number of carbonyl (C=O) groups excluding carboxylic acids is 1. The topological polar surface area (TPSA) is 52.0 Å². The monoisotopic (exact) mass is 298 g/mol. The van der Waals surface area contributed by atoms with Gasteiger partial charge in [-0.05, 0) is 30.9 Å². The molecule has 106 valence electrons. The van der Waals surface area contributed by atoms with Crippen LogP contribution in [-0.2, 0) is 6.54 Å². The first-order valence-corrected chi connectivity index (χ1v) is 7.47. The van der Waals surface area contributed by atoms with Crippen molar-refractivity contribution in [3.8, 4) is 0 Å². The summed E-state index contributed by atoms with van der Waals surface area (Å²) in [7, 11) is 0. The number of fused-ring (bicyclic) bond motifs is 1. The van der Waals surface area contributed by atoms with Crippen molar-refractivity contribution in [2.24, 2.45) is 0 Å². The molecular formula is C16H14N2O2S. The van der Waals surface area contributed by atoms with Crippen molar-refractivity contribution in [1.82, 2.24) is 9.55 Å². The molecule has 1 aromatic carbocycles. The van der Waals surface area contributed by atoms with Gasteiger partial charge in [-0.15, -0.1) is 11.3 Å². The maximum atomic E-state index is 12.4. The van der Waals surface area contributed by atoms with Crippen LogP contribution >= 0.6 is 11.3 Å². The lowest BCUT2D eigenvalue weighted by molar-refractivity contribution is 0.0970. The highest BCUT2D eigenvalue weighted by Gasteiger charge is 2.12. The Labute approximate surface area is 125 Å². The van der Waals surface area contributed by atoms with Crippen molar-refractivity contribution in [2.45, 2.75) is 20.4 Å². The standard InChI is InChI=1S/C16H14N2O2S/c1-10-4-3-5-12(6-10)13(19)7-18-9-17-14-11(2)8-21-15(14)16(18)20/h3-6,8-9H,7H2,1-2H3. The molecule has 2 aromatic heterocycles. The summed E-state index contributed by atoms with van der Waals surface area (Å²) in [6, 6.07) is 7.37. The van der Waals surface area contributed by atoms with Gasteiger partial charge >= 0.3 is 0 Å².